The van der Waals surface area contributed by atoms with Crippen molar-refractivity contribution in [2.24, 2.45) is 11.3 Å². The van der Waals surface area contributed by atoms with Crippen molar-refractivity contribution in [1.82, 2.24) is 4.90 Å². The van der Waals surface area contributed by atoms with Crippen LogP contribution in [0.5, 0.6) is 0 Å². The summed E-state index contributed by atoms with van der Waals surface area (Å²) in [6.07, 6.45) is -6.88. The number of amides is 1. The molecule has 0 spiro atoms. The second-order valence-corrected chi connectivity index (χ2v) is 5.57. The summed E-state index contributed by atoms with van der Waals surface area (Å²) in [6.45, 7) is -1.82. The van der Waals surface area contributed by atoms with E-state index in [0.29, 0.717) is 19.3 Å². The molecule has 0 N–H and O–H groups in total. The quantitative estimate of drug-likeness (QED) is 0.534. The van der Waals surface area contributed by atoms with Gasteiger partial charge in [0.2, 0.25) is 5.91 Å². The molecule has 1 fully saturated rings. The topological polar surface area (TPSA) is 20.3 Å². The van der Waals surface area contributed by atoms with Crippen molar-refractivity contribution >= 4 is 5.91 Å². The van der Waals surface area contributed by atoms with Crippen LogP contribution >= 0.6 is 0 Å². The molecule has 1 aliphatic heterocycles. The van der Waals surface area contributed by atoms with Gasteiger partial charge in [0.25, 0.3) is 0 Å². The van der Waals surface area contributed by atoms with Crippen molar-refractivity contribution in [2.45, 2.75) is 38.0 Å². The van der Waals surface area contributed by atoms with Crippen molar-refractivity contribution in [1.29, 1.82) is 0 Å². The predicted octanol–water partition coefficient (Wildman–Crippen LogP) is 3.69. The maximum Gasteiger partial charge on any atom is 0.404 e. The van der Waals surface area contributed by atoms with Crippen LogP contribution in [-0.4, -0.2) is 36.2 Å². The Balaban J connectivity index is 2.17. The second kappa shape index (κ2) is 5.21. The number of carbonyl (C=O) groups is 1. The first-order valence-corrected chi connectivity index (χ1v) is 6.66. The van der Waals surface area contributed by atoms with Gasteiger partial charge in [0.15, 0.2) is 5.41 Å². The van der Waals surface area contributed by atoms with Crippen molar-refractivity contribution < 1.29 is 31.1 Å². The summed E-state index contributed by atoms with van der Waals surface area (Å²) >= 11 is 0. The zero-order valence-corrected chi connectivity index (χ0v) is 11.1. The number of hydrogen-bond donors (Lipinski definition) is 0. The van der Waals surface area contributed by atoms with Crippen LogP contribution in [0.15, 0.2) is 12.2 Å². The van der Waals surface area contributed by atoms with Crippen molar-refractivity contribution in [3.05, 3.63) is 12.2 Å². The van der Waals surface area contributed by atoms with Gasteiger partial charge in [-0.1, -0.05) is 12.2 Å². The second-order valence-electron chi connectivity index (χ2n) is 5.57. The Morgan fingerprint density at radius 1 is 1.10 bits per heavy atom. The molecule has 0 aromatic rings. The van der Waals surface area contributed by atoms with Crippen molar-refractivity contribution in [3.8, 4) is 0 Å². The molecule has 0 unspecified atom stereocenters. The number of hydrogen-bond acceptors (Lipinski definition) is 1. The van der Waals surface area contributed by atoms with Gasteiger partial charge in [0, 0.05) is 19.0 Å². The van der Waals surface area contributed by atoms with Gasteiger partial charge in [0.1, 0.15) is 0 Å². The highest BCUT2D eigenvalue weighted by Crippen LogP contribution is 2.55. The van der Waals surface area contributed by atoms with Crippen molar-refractivity contribution in [3.63, 3.8) is 0 Å². The number of nitrogens with zero attached hydrogens (tertiary/aromatic N) is 1. The van der Waals surface area contributed by atoms with Gasteiger partial charge in [-0.15, -0.1) is 0 Å². The van der Waals surface area contributed by atoms with Gasteiger partial charge >= 0.3 is 12.4 Å². The van der Waals surface area contributed by atoms with Crippen LogP contribution in [0, 0.1) is 11.3 Å². The molecule has 0 bridgehead atoms. The first-order chi connectivity index (χ1) is 9.58. The molecule has 2 rings (SSSR count). The molecule has 1 aliphatic carbocycles. The standard InChI is InChI=1S/C13H15F6NO/c14-12(15,16)11(13(17,18)19)6-7-20(8-11)10(21)9-4-2-1-3-5-9/h1-2,9H,3-8H2/t9-/m0/s1. The molecule has 2 aliphatic rings. The first kappa shape index (κ1) is 16.2. The fraction of sp³-hybridized carbons (Fsp3) is 0.769. The number of allylic oxidation sites excluding steroid dienone is 2. The molecule has 1 heterocycles. The highest BCUT2D eigenvalue weighted by molar-refractivity contribution is 5.79. The van der Waals surface area contributed by atoms with E-state index in [1.165, 1.54) is 0 Å². The minimum atomic E-state index is -5.41. The molecule has 8 heteroatoms. The summed E-state index contributed by atoms with van der Waals surface area (Å²) in [5.41, 5.74) is -3.79. The number of rotatable bonds is 1. The Labute approximate surface area is 117 Å². The van der Waals surface area contributed by atoms with E-state index in [2.05, 4.69) is 0 Å². The lowest BCUT2D eigenvalue weighted by atomic mass is 9.85. The van der Waals surface area contributed by atoms with Crippen molar-refractivity contribution in [2.75, 3.05) is 13.1 Å². The Kier molecular flexibility index (Phi) is 4.01. The summed E-state index contributed by atoms with van der Waals surface area (Å²) in [4.78, 5) is 12.8. The SMILES string of the molecule is O=C([C@H]1CC=CCC1)N1CCC(C(F)(F)F)(C(F)(F)F)C1. The minimum absolute atomic E-state index is 0.375. The summed E-state index contributed by atoms with van der Waals surface area (Å²) < 4.78 is 77.5. The lowest BCUT2D eigenvalue weighted by molar-refractivity contribution is -0.334. The van der Waals surface area contributed by atoms with Crippen LogP contribution in [0.4, 0.5) is 26.3 Å². The van der Waals surface area contributed by atoms with E-state index < -0.39 is 49.1 Å². The Bertz CT molecular complexity index is 425. The normalized spacial score (nSPS) is 26.2. The maximum absolute atomic E-state index is 12.9. The van der Waals surface area contributed by atoms with E-state index in [-0.39, 0.29) is 0 Å². The van der Waals surface area contributed by atoms with Crippen LogP contribution in [-0.2, 0) is 4.79 Å². The van der Waals surface area contributed by atoms with Crippen LogP contribution in [0.25, 0.3) is 0 Å². The van der Waals surface area contributed by atoms with Crippen LogP contribution in [0.2, 0.25) is 0 Å². The molecular weight excluding hydrogens is 300 g/mol. The number of alkyl halides is 6. The highest BCUT2D eigenvalue weighted by atomic mass is 19.4. The third-order valence-electron chi connectivity index (χ3n) is 4.28. The lowest BCUT2D eigenvalue weighted by Crippen LogP contribution is -2.52. The molecule has 0 aromatic heterocycles. The monoisotopic (exact) mass is 315 g/mol. The lowest BCUT2D eigenvalue weighted by Gasteiger charge is -2.34. The Morgan fingerprint density at radius 2 is 1.71 bits per heavy atom. The molecule has 1 atom stereocenters. The molecule has 21 heavy (non-hydrogen) atoms. The average Bonchev–Trinajstić information content (AvgIpc) is 2.84. The Hall–Kier alpha value is -1.21. The molecule has 1 amide bonds. The molecule has 1 saturated heterocycles. The molecular formula is C13H15F6NO. The van der Waals surface area contributed by atoms with Gasteiger partial charge in [-0.2, -0.15) is 26.3 Å². The van der Waals surface area contributed by atoms with Gasteiger partial charge in [-0.3, -0.25) is 4.79 Å². The smallest absolute Gasteiger partial charge is 0.341 e. The van der Waals surface area contributed by atoms with E-state index in [1.54, 1.807) is 6.08 Å². The number of halogens is 6. The van der Waals surface area contributed by atoms with Gasteiger partial charge in [0.05, 0.1) is 0 Å². The summed E-state index contributed by atoms with van der Waals surface area (Å²) in [5.74, 6) is -1.11. The van der Waals surface area contributed by atoms with E-state index in [0.717, 1.165) is 4.90 Å². The highest BCUT2D eigenvalue weighted by Gasteiger charge is 2.72. The largest absolute Gasteiger partial charge is 0.404 e. The molecule has 2 nitrogen and oxygen atoms in total. The first-order valence-electron chi connectivity index (χ1n) is 6.66. The summed E-state index contributed by atoms with van der Waals surface area (Å²) in [7, 11) is 0. The third kappa shape index (κ3) is 2.76. The van der Waals surface area contributed by atoms with E-state index in [1.807, 2.05) is 6.08 Å². The van der Waals surface area contributed by atoms with Gasteiger partial charge in [-0.25, -0.2) is 0 Å². The fourth-order valence-electron chi connectivity index (χ4n) is 2.90. The third-order valence-corrected chi connectivity index (χ3v) is 4.28. The zero-order valence-electron chi connectivity index (χ0n) is 11.1. The van der Waals surface area contributed by atoms with E-state index in [4.69, 9.17) is 0 Å². The fourth-order valence-corrected chi connectivity index (χ4v) is 2.90. The van der Waals surface area contributed by atoms with Gasteiger partial charge in [-0.05, 0) is 25.7 Å². The maximum atomic E-state index is 12.9. The van der Waals surface area contributed by atoms with E-state index in [9.17, 15) is 31.1 Å². The molecule has 0 radical (unpaired) electrons. The summed E-state index contributed by atoms with van der Waals surface area (Å²) in [5, 5.41) is 0. The molecule has 0 saturated carbocycles. The minimum Gasteiger partial charge on any atom is -0.341 e. The zero-order chi connectivity index (χ0) is 15.9. The molecule has 120 valence electrons. The van der Waals surface area contributed by atoms with Gasteiger partial charge < -0.3 is 4.90 Å². The average molecular weight is 315 g/mol. The van der Waals surface area contributed by atoms with E-state index >= 15 is 0 Å². The molecule has 0 aromatic carbocycles. The summed E-state index contributed by atoms with van der Waals surface area (Å²) in [6, 6.07) is 0. The van der Waals surface area contributed by atoms with Crippen LogP contribution in [0.3, 0.4) is 0 Å². The van der Waals surface area contributed by atoms with Crippen LogP contribution in [0.1, 0.15) is 25.7 Å². The Morgan fingerprint density at radius 3 is 2.14 bits per heavy atom. The predicted molar refractivity (Wildman–Crippen MR) is 62.2 cm³/mol. The number of carbonyl (C=O) groups excluding carboxylic acids is 1. The van der Waals surface area contributed by atoms with Crippen LogP contribution < -0.4 is 0 Å². The number of likely N-dealkylation sites (tertiary alicyclic amines) is 1.